The van der Waals surface area contributed by atoms with Crippen LogP contribution in [0.3, 0.4) is 0 Å². The molecule has 0 saturated heterocycles. The first-order valence-corrected chi connectivity index (χ1v) is 11.1. The molecule has 2 nitrogen and oxygen atoms in total. The lowest BCUT2D eigenvalue weighted by molar-refractivity contribution is -0.137. The van der Waals surface area contributed by atoms with Crippen LogP contribution in [0.1, 0.15) is 44.2 Å². The van der Waals surface area contributed by atoms with Gasteiger partial charge in [0.15, 0.2) is 0 Å². The van der Waals surface area contributed by atoms with Gasteiger partial charge in [-0.2, -0.15) is 13.2 Å². The first-order chi connectivity index (χ1) is 15.8. The lowest BCUT2D eigenvalue weighted by atomic mass is 10.00. The van der Waals surface area contributed by atoms with Gasteiger partial charge in [-0.25, -0.2) is 0 Å². The van der Waals surface area contributed by atoms with E-state index in [4.69, 9.17) is 9.47 Å². The fourth-order valence-corrected chi connectivity index (χ4v) is 3.68. The Balaban J connectivity index is 1.32. The predicted octanol–water partition coefficient (Wildman–Crippen LogP) is 8.18. The average Bonchev–Trinajstić information content (AvgIpc) is 3.60. The molecule has 0 aromatic heterocycles. The Hall–Kier alpha value is -3.21. The molecule has 0 aliphatic heterocycles. The zero-order valence-electron chi connectivity index (χ0n) is 18.8. The van der Waals surface area contributed by atoms with E-state index in [0.717, 1.165) is 65.2 Å². The van der Waals surface area contributed by atoms with E-state index in [9.17, 15) is 13.2 Å². The van der Waals surface area contributed by atoms with Gasteiger partial charge in [-0.15, -0.1) is 0 Å². The van der Waals surface area contributed by atoms with Crippen molar-refractivity contribution in [3.05, 3.63) is 90.0 Å². The lowest BCUT2D eigenvalue weighted by Crippen LogP contribution is -2.16. The molecule has 1 saturated carbocycles. The summed E-state index contributed by atoms with van der Waals surface area (Å²) in [4.78, 5) is 0. The van der Waals surface area contributed by atoms with Crippen LogP contribution in [0.15, 0.2) is 78.9 Å². The van der Waals surface area contributed by atoms with Gasteiger partial charge < -0.3 is 9.47 Å². The van der Waals surface area contributed by atoms with Gasteiger partial charge in [0.05, 0.1) is 5.56 Å². The molecule has 172 valence electrons. The predicted molar refractivity (Wildman–Crippen MR) is 125 cm³/mol. The van der Waals surface area contributed by atoms with E-state index in [2.05, 4.69) is 6.92 Å². The molecule has 0 spiro atoms. The van der Waals surface area contributed by atoms with Crippen molar-refractivity contribution in [1.29, 1.82) is 0 Å². The van der Waals surface area contributed by atoms with Crippen LogP contribution < -0.4 is 9.47 Å². The molecular formula is C28H27F3O2. The van der Waals surface area contributed by atoms with Gasteiger partial charge in [-0.05, 0) is 90.9 Å². The molecule has 1 aliphatic carbocycles. The lowest BCUT2D eigenvalue weighted by Gasteiger charge is -2.16. The third-order valence-corrected chi connectivity index (χ3v) is 6.14. The molecule has 0 heterocycles. The van der Waals surface area contributed by atoms with Gasteiger partial charge in [-0.3, -0.25) is 0 Å². The quantitative estimate of drug-likeness (QED) is 0.343. The van der Waals surface area contributed by atoms with Crippen molar-refractivity contribution in [1.82, 2.24) is 0 Å². The van der Waals surface area contributed by atoms with Gasteiger partial charge in [0, 0.05) is 0 Å². The summed E-state index contributed by atoms with van der Waals surface area (Å²) in [5.74, 6) is 1.66. The molecule has 3 aromatic rings. The Morgan fingerprint density at radius 3 is 1.91 bits per heavy atom. The number of hydrogen-bond donors (Lipinski definition) is 0. The number of ether oxygens (including phenoxy) is 2. The standard InChI is InChI=1S/C28H27F3O2/c1-3-27(17-18-27)33-26-14-12-25(13-15-26)32-19-16-20(2)21-4-6-22(7-5-21)23-8-10-24(11-9-23)28(29,30)31/h4-16H,3,17-19H2,1-2H3/b20-16+. The maximum Gasteiger partial charge on any atom is 0.416 e. The second-order valence-corrected chi connectivity index (χ2v) is 8.46. The van der Waals surface area contributed by atoms with Crippen LogP contribution in [0.4, 0.5) is 13.2 Å². The van der Waals surface area contributed by atoms with E-state index < -0.39 is 11.7 Å². The third kappa shape index (κ3) is 5.78. The summed E-state index contributed by atoms with van der Waals surface area (Å²) >= 11 is 0. The summed E-state index contributed by atoms with van der Waals surface area (Å²) in [6.07, 6.45) is 0.958. The van der Waals surface area contributed by atoms with Crippen molar-refractivity contribution in [2.24, 2.45) is 0 Å². The smallest absolute Gasteiger partial charge is 0.416 e. The minimum atomic E-state index is -4.32. The van der Waals surface area contributed by atoms with Crippen molar-refractivity contribution in [3.8, 4) is 22.6 Å². The summed E-state index contributed by atoms with van der Waals surface area (Å²) in [5.41, 5.74) is 3.12. The van der Waals surface area contributed by atoms with Crippen molar-refractivity contribution in [3.63, 3.8) is 0 Å². The molecule has 33 heavy (non-hydrogen) atoms. The van der Waals surface area contributed by atoms with Crippen molar-refractivity contribution >= 4 is 5.57 Å². The van der Waals surface area contributed by atoms with Crippen LogP contribution in [-0.4, -0.2) is 12.2 Å². The number of rotatable bonds is 8. The zero-order chi connectivity index (χ0) is 23.5. The molecule has 5 heteroatoms. The Morgan fingerprint density at radius 1 is 0.848 bits per heavy atom. The molecule has 0 amide bonds. The molecule has 1 aliphatic rings. The largest absolute Gasteiger partial charge is 0.490 e. The van der Waals surface area contributed by atoms with E-state index in [1.54, 1.807) is 0 Å². The minimum Gasteiger partial charge on any atom is -0.490 e. The normalized spacial score (nSPS) is 15.2. The van der Waals surface area contributed by atoms with E-state index in [0.29, 0.717) is 6.61 Å². The summed E-state index contributed by atoms with van der Waals surface area (Å²) in [7, 11) is 0. The molecule has 0 N–H and O–H groups in total. The van der Waals surface area contributed by atoms with Gasteiger partial charge in [0.2, 0.25) is 0 Å². The van der Waals surface area contributed by atoms with E-state index in [1.165, 1.54) is 12.1 Å². The molecule has 0 unspecified atom stereocenters. The Bertz CT molecular complexity index is 1090. The third-order valence-electron chi connectivity index (χ3n) is 6.14. The topological polar surface area (TPSA) is 18.5 Å². The highest BCUT2D eigenvalue weighted by Gasteiger charge is 2.43. The van der Waals surface area contributed by atoms with Gasteiger partial charge in [0.25, 0.3) is 0 Å². The molecule has 0 atom stereocenters. The Morgan fingerprint density at radius 2 is 1.39 bits per heavy atom. The molecule has 3 aromatic carbocycles. The van der Waals surface area contributed by atoms with Crippen LogP contribution in [0.2, 0.25) is 0 Å². The Kier molecular flexibility index (Phi) is 6.50. The zero-order valence-corrected chi connectivity index (χ0v) is 18.8. The van der Waals surface area contributed by atoms with Gasteiger partial charge in [-0.1, -0.05) is 43.3 Å². The highest BCUT2D eigenvalue weighted by molar-refractivity contribution is 5.69. The molecular weight excluding hydrogens is 425 g/mol. The van der Waals surface area contributed by atoms with Crippen molar-refractivity contribution in [2.75, 3.05) is 6.61 Å². The van der Waals surface area contributed by atoms with Gasteiger partial charge >= 0.3 is 6.18 Å². The van der Waals surface area contributed by atoms with Crippen LogP contribution in [0, 0.1) is 0 Å². The van der Waals surface area contributed by atoms with Crippen LogP contribution in [0.25, 0.3) is 16.7 Å². The molecule has 0 radical (unpaired) electrons. The summed E-state index contributed by atoms with van der Waals surface area (Å²) in [6, 6.07) is 20.7. The average molecular weight is 453 g/mol. The maximum atomic E-state index is 12.7. The second-order valence-electron chi connectivity index (χ2n) is 8.46. The molecule has 4 rings (SSSR count). The first kappa shape index (κ1) is 23.0. The van der Waals surface area contributed by atoms with Gasteiger partial charge in [0.1, 0.15) is 23.7 Å². The summed E-state index contributed by atoms with van der Waals surface area (Å²) < 4.78 is 50.1. The number of hydrogen-bond acceptors (Lipinski definition) is 2. The fraction of sp³-hybridized carbons (Fsp3) is 0.286. The van der Waals surface area contributed by atoms with Crippen LogP contribution in [0.5, 0.6) is 11.5 Å². The monoisotopic (exact) mass is 452 g/mol. The number of halogens is 3. The summed E-state index contributed by atoms with van der Waals surface area (Å²) in [5, 5.41) is 0. The summed E-state index contributed by atoms with van der Waals surface area (Å²) in [6.45, 7) is 4.60. The fourth-order valence-electron chi connectivity index (χ4n) is 3.68. The second kappa shape index (κ2) is 9.34. The van der Waals surface area contributed by atoms with Crippen molar-refractivity contribution in [2.45, 2.75) is 44.9 Å². The van der Waals surface area contributed by atoms with E-state index in [-0.39, 0.29) is 5.60 Å². The Labute approximate surface area is 192 Å². The minimum absolute atomic E-state index is 0.0459. The highest BCUT2D eigenvalue weighted by atomic mass is 19.4. The highest BCUT2D eigenvalue weighted by Crippen LogP contribution is 2.43. The van der Waals surface area contributed by atoms with Crippen LogP contribution >= 0.6 is 0 Å². The van der Waals surface area contributed by atoms with E-state index >= 15 is 0 Å². The number of benzene rings is 3. The maximum absolute atomic E-state index is 12.7. The first-order valence-electron chi connectivity index (χ1n) is 11.1. The number of allylic oxidation sites excluding steroid dienone is 1. The number of alkyl halides is 3. The van der Waals surface area contributed by atoms with Crippen molar-refractivity contribution < 1.29 is 22.6 Å². The van der Waals surface area contributed by atoms with E-state index in [1.807, 2.05) is 61.5 Å². The molecule has 1 fully saturated rings. The molecule has 0 bridgehead atoms. The van der Waals surface area contributed by atoms with Crippen LogP contribution in [-0.2, 0) is 6.18 Å². The SMILES string of the molecule is CCC1(Oc2ccc(OC/C=C(\C)c3ccc(-c4ccc(C(F)(F)F)cc4)cc3)cc2)CC1.